The SMILES string of the molecule is CC(C)CCCCCCCC(C(N)=O)C(C)CO. The van der Waals surface area contributed by atoms with Crippen molar-refractivity contribution in [2.24, 2.45) is 23.5 Å². The topological polar surface area (TPSA) is 63.3 Å². The molecule has 2 unspecified atom stereocenters. The molecule has 1 amide bonds. The molecule has 0 rings (SSSR count). The minimum absolute atomic E-state index is 0.0107. The first-order chi connectivity index (χ1) is 8.49. The molecule has 0 aromatic heterocycles. The Labute approximate surface area is 112 Å². The summed E-state index contributed by atoms with van der Waals surface area (Å²) in [5.41, 5.74) is 5.36. The van der Waals surface area contributed by atoms with Crippen molar-refractivity contribution >= 4 is 5.91 Å². The van der Waals surface area contributed by atoms with Crippen molar-refractivity contribution in [2.75, 3.05) is 6.61 Å². The van der Waals surface area contributed by atoms with Gasteiger partial charge in [0.05, 0.1) is 0 Å². The molecule has 108 valence electrons. The summed E-state index contributed by atoms with van der Waals surface area (Å²) >= 11 is 0. The molecule has 0 fully saturated rings. The van der Waals surface area contributed by atoms with Gasteiger partial charge in [-0.05, 0) is 18.3 Å². The third-order valence-electron chi connectivity index (χ3n) is 3.64. The summed E-state index contributed by atoms with van der Waals surface area (Å²) < 4.78 is 0. The highest BCUT2D eigenvalue weighted by atomic mass is 16.3. The van der Waals surface area contributed by atoms with Gasteiger partial charge in [0.1, 0.15) is 0 Å². The molecule has 3 nitrogen and oxygen atoms in total. The van der Waals surface area contributed by atoms with Crippen LogP contribution in [0.3, 0.4) is 0 Å². The standard InChI is InChI=1S/C15H31NO2/c1-12(2)9-7-5-4-6-8-10-14(15(16)18)13(3)11-17/h12-14,17H,4-11H2,1-3H3,(H2,16,18). The van der Waals surface area contributed by atoms with Crippen molar-refractivity contribution in [3.05, 3.63) is 0 Å². The zero-order chi connectivity index (χ0) is 14.0. The molecule has 3 heteroatoms. The van der Waals surface area contributed by atoms with E-state index in [0.717, 1.165) is 18.8 Å². The minimum atomic E-state index is -0.267. The summed E-state index contributed by atoms with van der Waals surface area (Å²) in [6, 6.07) is 0. The molecule has 0 saturated heterocycles. The fraction of sp³-hybridized carbons (Fsp3) is 0.933. The van der Waals surface area contributed by atoms with Crippen LogP contribution in [0.2, 0.25) is 0 Å². The molecule has 0 aromatic carbocycles. The number of carbonyl (C=O) groups is 1. The van der Waals surface area contributed by atoms with E-state index in [9.17, 15) is 4.79 Å². The van der Waals surface area contributed by atoms with Crippen LogP contribution in [-0.4, -0.2) is 17.6 Å². The molecule has 0 heterocycles. The van der Waals surface area contributed by atoms with E-state index in [1.165, 1.54) is 32.1 Å². The van der Waals surface area contributed by atoms with Crippen molar-refractivity contribution in [1.29, 1.82) is 0 Å². The number of unbranched alkanes of at least 4 members (excludes halogenated alkanes) is 4. The fourth-order valence-corrected chi connectivity index (χ4v) is 2.28. The highest BCUT2D eigenvalue weighted by Gasteiger charge is 2.21. The predicted octanol–water partition coefficient (Wildman–Crippen LogP) is 3.10. The number of rotatable bonds is 11. The number of amides is 1. The molecule has 0 aromatic rings. The number of hydrogen-bond donors (Lipinski definition) is 2. The molecular formula is C15H31NO2. The Morgan fingerprint density at radius 1 is 1.00 bits per heavy atom. The fourth-order valence-electron chi connectivity index (χ4n) is 2.28. The second-order valence-electron chi connectivity index (χ2n) is 5.91. The number of hydrogen-bond acceptors (Lipinski definition) is 2. The number of carbonyl (C=O) groups excluding carboxylic acids is 1. The highest BCUT2D eigenvalue weighted by molar-refractivity contribution is 5.76. The Kier molecular flexibility index (Phi) is 10.0. The summed E-state index contributed by atoms with van der Waals surface area (Å²) in [5.74, 6) is 0.361. The van der Waals surface area contributed by atoms with Gasteiger partial charge in [0, 0.05) is 12.5 Å². The minimum Gasteiger partial charge on any atom is -0.396 e. The van der Waals surface area contributed by atoms with Gasteiger partial charge in [-0.15, -0.1) is 0 Å². The highest BCUT2D eigenvalue weighted by Crippen LogP contribution is 2.19. The molecule has 3 N–H and O–H groups in total. The zero-order valence-corrected chi connectivity index (χ0v) is 12.3. The second kappa shape index (κ2) is 10.4. The summed E-state index contributed by atoms with van der Waals surface area (Å²) in [6.45, 7) is 6.45. The summed E-state index contributed by atoms with van der Waals surface area (Å²) in [4.78, 5) is 11.3. The van der Waals surface area contributed by atoms with Crippen LogP contribution in [0.25, 0.3) is 0 Å². The Bertz CT molecular complexity index is 217. The van der Waals surface area contributed by atoms with Crippen molar-refractivity contribution in [3.63, 3.8) is 0 Å². The number of aliphatic hydroxyl groups excluding tert-OH is 1. The van der Waals surface area contributed by atoms with Crippen LogP contribution in [0.1, 0.15) is 65.7 Å². The molecule has 0 spiro atoms. The van der Waals surface area contributed by atoms with Gasteiger partial charge in [-0.3, -0.25) is 4.79 Å². The van der Waals surface area contributed by atoms with E-state index in [1.807, 2.05) is 6.92 Å². The Morgan fingerprint density at radius 3 is 1.94 bits per heavy atom. The maximum Gasteiger partial charge on any atom is 0.220 e. The van der Waals surface area contributed by atoms with Gasteiger partial charge in [-0.25, -0.2) is 0 Å². The van der Waals surface area contributed by atoms with Crippen molar-refractivity contribution < 1.29 is 9.90 Å². The van der Waals surface area contributed by atoms with Gasteiger partial charge in [0.25, 0.3) is 0 Å². The molecular weight excluding hydrogens is 226 g/mol. The first kappa shape index (κ1) is 17.4. The summed E-state index contributed by atoms with van der Waals surface area (Å²) in [6.07, 6.45) is 8.18. The number of nitrogens with two attached hydrogens (primary N) is 1. The van der Waals surface area contributed by atoms with Gasteiger partial charge in [-0.1, -0.05) is 59.3 Å². The van der Waals surface area contributed by atoms with Gasteiger partial charge in [0.15, 0.2) is 0 Å². The summed E-state index contributed by atoms with van der Waals surface area (Å²) in [5, 5.41) is 9.07. The molecule has 0 aliphatic rings. The zero-order valence-electron chi connectivity index (χ0n) is 12.3. The van der Waals surface area contributed by atoms with Gasteiger partial charge >= 0.3 is 0 Å². The molecule has 0 bridgehead atoms. The summed E-state index contributed by atoms with van der Waals surface area (Å²) in [7, 11) is 0. The van der Waals surface area contributed by atoms with E-state index >= 15 is 0 Å². The van der Waals surface area contributed by atoms with Gasteiger partial charge < -0.3 is 10.8 Å². The Balaban J connectivity index is 3.59. The largest absolute Gasteiger partial charge is 0.396 e. The monoisotopic (exact) mass is 257 g/mol. The van der Waals surface area contributed by atoms with E-state index in [-0.39, 0.29) is 24.3 Å². The normalized spacial score (nSPS) is 14.7. The lowest BCUT2D eigenvalue weighted by molar-refractivity contribution is -0.124. The third-order valence-corrected chi connectivity index (χ3v) is 3.64. The predicted molar refractivity (Wildman–Crippen MR) is 76.1 cm³/mol. The van der Waals surface area contributed by atoms with Crippen molar-refractivity contribution in [3.8, 4) is 0 Å². The van der Waals surface area contributed by atoms with Crippen LogP contribution in [0.5, 0.6) is 0 Å². The third kappa shape index (κ3) is 8.51. The van der Waals surface area contributed by atoms with Crippen molar-refractivity contribution in [1.82, 2.24) is 0 Å². The van der Waals surface area contributed by atoms with Gasteiger partial charge in [0.2, 0.25) is 5.91 Å². The smallest absolute Gasteiger partial charge is 0.220 e. The van der Waals surface area contributed by atoms with E-state index in [0.29, 0.717) is 0 Å². The van der Waals surface area contributed by atoms with E-state index in [1.54, 1.807) is 0 Å². The Hall–Kier alpha value is -0.570. The van der Waals surface area contributed by atoms with E-state index in [2.05, 4.69) is 13.8 Å². The van der Waals surface area contributed by atoms with Crippen LogP contribution in [0.15, 0.2) is 0 Å². The lowest BCUT2D eigenvalue weighted by atomic mass is 9.88. The molecule has 2 atom stereocenters. The van der Waals surface area contributed by atoms with E-state index < -0.39 is 0 Å². The maximum atomic E-state index is 11.3. The van der Waals surface area contributed by atoms with Crippen LogP contribution < -0.4 is 5.73 Å². The average Bonchev–Trinajstić information content (AvgIpc) is 2.31. The molecule has 0 saturated carbocycles. The van der Waals surface area contributed by atoms with E-state index in [4.69, 9.17) is 10.8 Å². The molecule has 0 radical (unpaired) electrons. The average molecular weight is 257 g/mol. The van der Waals surface area contributed by atoms with Crippen LogP contribution in [-0.2, 0) is 4.79 Å². The number of primary amides is 1. The number of aliphatic hydroxyl groups is 1. The first-order valence-corrected chi connectivity index (χ1v) is 7.39. The van der Waals surface area contributed by atoms with Crippen LogP contribution >= 0.6 is 0 Å². The lowest BCUT2D eigenvalue weighted by Crippen LogP contribution is -2.30. The van der Waals surface area contributed by atoms with Gasteiger partial charge in [-0.2, -0.15) is 0 Å². The lowest BCUT2D eigenvalue weighted by Gasteiger charge is -2.18. The quantitative estimate of drug-likeness (QED) is 0.559. The second-order valence-corrected chi connectivity index (χ2v) is 5.91. The maximum absolute atomic E-state index is 11.3. The van der Waals surface area contributed by atoms with Crippen LogP contribution in [0, 0.1) is 17.8 Å². The molecule has 18 heavy (non-hydrogen) atoms. The van der Waals surface area contributed by atoms with Crippen LogP contribution in [0.4, 0.5) is 0 Å². The first-order valence-electron chi connectivity index (χ1n) is 7.39. The van der Waals surface area contributed by atoms with Crippen molar-refractivity contribution in [2.45, 2.75) is 65.7 Å². The molecule has 0 aliphatic heterocycles. The molecule has 0 aliphatic carbocycles. The Morgan fingerprint density at radius 2 is 1.50 bits per heavy atom.